The van der Waals surface area contributed by atoms with Crippen LogP contribution in [0, 0.1) is 0 Å². The third-order valence-electron chi connectivity index (χ3n) is 5.51. The van der Waals surface area contributed by atoms with Gasteiger partial charge in [0.25, 0.3) is 10.1 Å². The minimum absolute atomic E-state index is 0.180. The summed E-state index contributed by atoms with van der Waals surface area (Å²) in [5.41, 5.74) is 0. The van der Waals surface area contributed by atoms with Crippen LogP contribution < -0.4 is 0 Å². The van der Waals surface area contributed by atoms with E-state index >= 15 is 0 Å². The van der Waals surface area contributed by atoms with Crippen molar-refractivity contribution in [1.29, 1.82) is 0 Å². The van der Waals surface area contributed by atoms with Crippen LogP contribution in [0.2, 0.25) is 0 Å². The Kier molecular flexibility index (Phi) is 17.8. The summed E-state index contributed by atoms with van der Waals surface area (Å²) in [7, 11) is -3.92. The lowest BCUT2D eigenvalue weighted by molar-refractivity contribution is 0.147. The smallest absolute Gasteiger partial charge is 0.267 e. The molecule has 5 heteroatoms. The molecule has 0 rings (SSSR count). The van der Waals surface area contributed by atoms with Crippen LogP contribution in [0.4, 0.5) is 0 Å². The van der Waals surface area contributed by atoms with Crippen molar-refractivity contribution in [2.24, 2.45) is 0 Å². The summed E-state index contributed by atoms with van der Waals surface area (Å²) in [6.07, 6.45) is 18.2. The maximum Gasteiger partial charge on any atom is 0.267 e. The molecule has 0 spiro atoms. The molecule has 0 aromatic rings. The van der Waals surface area contributed by atoms with Crippen molar-refractivity contribution in [3.8, 4) is 0 Å². The number of hydrogen-bond donors (Lipinski definition) is 2. The first-order valence-electron chi connectivity index (χ1n) is 11.6. The van der Waals surface area contributed by atoms with Gasteiger partial charge in [-0.15, -0.1) is 0 Å². The Hall–Kier alpha value is -0.130. The molecule has 4 nitrogen and oxygen atoms in total. The Balaban J connectivity index is 3.72. The van der Waals surface area contributed by atoms with Gasteiger partial charge in [-0.1, -0.05) is 104 Å². The van der Waals surface area contributed by atoms with Crippen LogP contribution in [0.15, 0.2) is 0 Å². The van der Waals surface area contributed by atoms with Crippen LogP contribution in [0.1, 0.15) is 129 Å². The fraction of sp³-hybridized carbons (Fsp3) is 1.00. The molecule has 2 unspecified atom stereocenters. The standard InChI is InChI=1S/C22H46O4S/c1-3-5-7-9-13-17-21(23)18-14-11-12-16-20-22(27(24,25)26)19-15-10-8-6-4-2/h21-23H,3-20H2,1-2H3,(H,24,25,26). The molecule has 0 bridgehead atoms. The lowest BCUT2D eigenvalue weighted by Gasteiger charge is -2.14. The molecule has 27 heavy (non-hydrogen) atoms. The first-order valence-corrected chi connectivity index (χ1v) is 13.1. The average Bonchev–Trinajstić information content (AvgIpc) is 2.61. The summed E-state index contributed by atoms with van der Waals surface area (Å²) in [6.45, 7) is 4.37. The zero-order chi connectivity index (χ0) is 20.4. The third-order valence-corrected chi connectivity index (χ3v) is 6.82. The van der Waals surface area contributed by atoms with Crippen LogP contribution in [0.3, 0.4) is 0 Å². The van der Waals surface area contributed by atoms with Crippen molar-refractivity contribution >= 4 is 10.1 Å². The quantitative estimate of drug-likeness (QED) is 0.175. The van der Waals surface area contributed by atoms with E-state index in [2.05, 4.69) is 13.8 Å². The number of hydrogen-bond acceptors (Lipinski definition) is 3. The molecule has 0 aliphatic heterocycles. The maximum atomic E-state index is 11.5. The second kappa shape index (κ2) is 17.9. The molecule has 0 aliphatic carbocycles. The van der Waals surface area contributed by atoms with Gasteiger partial charge in [0.15, 0.2) is 0 Å². The van der Waals surface area contributed by atoms with E-state index in [0.29, 0.717) is 12.8 Å². The van der Waals surface area contributed by atoms with Gasteiger partial charge in [-0.2, -0.15) is 8.42 Å². The van der Waals surface area contributed by atoms with E-state index in [9.17, 15) is 18.1 Å². The van der Waals surface area contributed by atoms with E-state index in [1.54, 1.807) is 0 Å². The molecule has 0 fully saturated rings. The largest absolute Gasteiger partial charge is 0.393 e. The third kappa shape index (κ3) is 17.7. The van der Waals surface area contributed by atoms with Crippen molar-refractivity contribution in [1.82, 2.24) is 0 Å². The van der Waals surface area contributed by atoms with Crippen molar-refractivity contribution in [3.05, 3.63) is 0 Å². The highest BCUT2D eigenvalue weighted by molar-refractivity contribution is 7.86. The van der Waals surface area contributed by atoms with Crippen molar-refractivity contribution < 1.29 is 18.1 Å². The molecule has 0 heterocycles. The zero-order valence-corrected chi connectivity index (χ0v) is 18.8. The Morgan fingerprint density at radius 2 is 0.926 bits per heavy atom. The van der Waals surface area contributed by atoms with Crippen LogP contribution >= 0.6 is 0 Å². The molecular weight excluding hydrogens is 360 g/mol. The predicted octanol–water partition coefficient (Wildman–Crippen LogP) is 6.67. The van der Waals surface area contributed by atoms with Gasteiger partial charge in [0.2, 0.25) is 0 Å². The van der Waals surface area contributed by atoms with Gasteiger partial charge >= 0.3 is 0 Å². The fourth-order valence-electron chi connectivity index (χ4n) is 3.65. The maximum absolute atomic E-state index is 11.5. The van der Waals surface area contributed by atoms with Gasteiger partial charge in [0, 0.05) is 0 Å². The van der Waals surface area contributed by atoms with Crippen molar-refractivity contribution in [2.75, 3.05) is 0 Å². The lowest BCUT2D eigenvalue weighted by Crippen LogP contribution is -2.20. The predicted molar refractivity (Wildman–Crippen MR) is 116 cm³/mol. The van der Waals surface area contributed by atoms with Gasteiger partial charge in [0.1, 0.15) is 0 Å². The average molecular weight is 407 g/mol. The van der Waals surface area contributed by atoms with E-state index in [1.165, 1.54) is 38.5 Å². The van der Waals surface area contributed by atoms with Gasteiger partial charge in [-0.25, -0.2) is 0 Å². The highest BCUT2D eigenvalue weighted by atomic mass is 32.2. The van der Waals surface area contributed by atoms with Gasteiger partial charge < -0.3 is 5.11 Å². The topological polar surface area (TPSA) is 74.6 Å². The molecule has 0 amide bonds. The normalized spacial score (nSPS) is 14.4. The molecule has 0 radical (unpaired) electrons. The fourth-order valence-corrected chi connectivity index (χ4v) is 4.58. The number of rotatable bonds is 20. The minimum atomic E-state index is -3.92. The second-order valence-corrected chi connectivity index (χ2v) is 9.88. The number of aliphatic hydroxyl groups excluding tert-OH is 1. The van der Waals surface area contributed by atoms with Crippen molar-refractivity contribution in [2.45, 2.75) is 141 Å². The van der Waals surface area contributed by atoms with Gasteiger partial charge in [-0.05, 0) is 25.7 Å². The van der Waals surface area contributed by atoms with E-state index in [-0.39, 0.29) is 6.10 Å². The van der Waals surface area contributed by atoms with E-state index in [0.717, 1.165) is 64.2 Å². The van der Waals surface area contributed by atoms with Gasteiger partial charge in [-0.3, -0.25) is 4.55 Å². The molecule has 2 N–H and O–H groups in total. The monoisotopic (exact) mass is 406 g/mol. The first kappa shape index (κ1) is 26.9. The van der Waals surface area contributed by atoms with E-state index in [4.69, 9.17) is 0 Å². The summed E-state index contributed by atoms with van der Waals surface area (Å²) in [5, 5.41) is 9.41. The van der Waals surface area contributed by atoms with Crippen LogP contribution in [-0.2, 0) is 10.1 Å². The van der Waals surface area contributed by atoms with Crippen LogP contribution in [0.25, 0.3) is 0 Å². The Labute approximate surface area is 169 Å². The molecule has 164 valence electrons. The summed E-state index contributed by atoms with van der Waals surface area (Å²) < 4.78 is 32.5. The molecule has 0 aromatic heterocycles. The summed E-state index contributed by atoms with van der Waals surface area (Å²) in [5.74, 6) is 0. The van der Waals surface area contributed by atoms with E-state index in [1.807, 2.05) is 0 Å². The summed E-state index contributed by atoms with van der Waals surface area (Å²) in [6, 6.07) is 0. The second-order valence-electron chi connectivity index (χ2n) is 8.19. The minimum Gasteiger partial charge on any atom is -0.393 e. The van der Waals surface area contributed by atoms with Gasteiger partial charge in [0.05, 0.1) is 11.4 Å². The molecule has 0 saturated heterocycles. The molecule has 0 aliphatic rings. The Morgan fingerprint density at radius 1 is 0.593 bits per heavy atom. The zero-order valence-electron chi connectivity index (χ0n) is 18.0. The van der Waals surface area contributed by atoms with Crippen LogP contribution in [0.5, 0.6) is 0 Å². The number of aliphatic hydroxyl groups is 1. The Bertz CT molecular complexity index is 409. The summed E-state index contributed by atoms with van der Waals surface area (Å²) >= 11 is 0. The molecular formula is C22H46O4S. The summed E-state index contributed by atoms with van der Waals surface area (Å²) in [4.78, 5) is 0. The first-order chi connectivity index (χ1) is 12.9. The Morgan fingerprint density at radius 3 is 1.26 bits per heavy atom. The molecule has 0 aromatic carbocycles. The highest BCUT2D eigenvalue weighted by Gasteiger charge is 2.21. The number of unbranched alkanes of at least 4 members (excludes halogenated alkanes) is 11. The lowest BCUT2D eigenvalue weighted by atomic mass is 10.0. The van der Waals surface area contributed by atoms with Crippen molar-refractivity contribution in [3.63, 3.8) is 0 Å². The van der Waals surface area contributed by atoms with E-state index < -0.39 is 15.4 Å². The van der Waals surface area contributed by atoms with Crippen LogP contribution in [-0.4, -0.2) is 29.4 Å². The molecule has 0 saturated carbocycles. The molecule has 2 atom stereocenters. The highest BCUT2D eigenvalue weighted by Crippen LogP contribution is 2.19. The SMILES string of the molecule is CCCCCCCC(O)CCCCCCC(CCCCCCC)S(=O)(=O)O.